The molecule has 6 aliphatic rings. The second kappa shape index (κ2) is 37.3. The van der Waals surface area contributed by atoms with Gasteiger partial charge in [-0.25, -0.2) is 46.5 Å². The molecule has 118 heavy (non-hydrogen) atoms. The third kappa shape index (κ3) is 22.6. The van der Waals surface area contributed by atoms with E-state index < -0.39 is 117 Å². The summed E-state index contributed by atoms with van der Waals surface area (Å²) >= 11 is 3.32. The Hall–Kier alpha value is -9.74. The number of nitrogens with zero attached hydrogens (tertiary/aromatic N) is 12. The fourth-order valence-electron chi connectivity index (χ4n) is 12.7. The third-order valence-electron chi connectivity index (χ3n) is 18.3. The van der Waals surface area contributed by atoms with E-state index in [1.165, 1.54) is 45.0 Å². The minimum absolute atomic E-state index is 0.00578. The Morgan fingerprint density at radius 2 is 0.992 bits per heavy atom. The number of aliphatic hydroxyl groups is 2. The molecular formula is C66H84N20O26P4S2. The lowest BCUT2D eigenvalue weighted by molar-refractivity contribution is -0.746. The number of H-pyrrole nitrogens is 2. The van der Waals surface area contributed by atoms with Gasteiger partial charge in [0, 0.05) is 102 Å². The minimum Gasteiger partial charge on any atom is -0.756 e. The number of carbonyl (C=O) groups excluding carboxylic acids is 4. The zero-order valence-corrected chi connectivity index (χ0v) is 69.3. The van der Waals surface area contributed by atoms with Crippen LogP contribution in [-0.4, -0.2) is 214 Å². The predicted molar refractivity (Wildman–Crippen MR) is 415 cm³/mol. The second-order valence-corrected chi connectivity index (χ2v) is 35.0. The molecule has 2 aromatic carbocycles. The van der Waals surface area contributed by atoms with Gasteiger partial charge in [0.2, 0.25) is 46.0 Å². The largest absolute Gasteiger partial charge is 0.756 e. The molecule has 12 rings (SSSR count). The number of anilines is 4. The van der Waals surface area contributed by atoms with Crippen molar-refractivity contribution in [3.63, 3.8) is 0 Å². The number of aromatic amines is 2. The van der Waals surface area contributed by atoms with Crippen LogP contribution in [0.5, 0.6) is 0 Å². The van der Waals surface area contributed by atoms with Crippen molar-refractivity contribution in [2.24, 2.45) is 14.1 Å². The van der Waals surface area contributed by atoms with Crippen molar-refractivity contribution in [2.45, 2.75) is 74.8 Å². The molecule has 0 radical (unpaired) electrons. The maximum Gasteiger partial charge on any atom is 0.407 e. The summed E-state index contributed by atoms with van der Waals surface area (Å²) in [5.41, 5.74) is 15.7. The molecule has 12 atom stereocenters. The Kier molecular flexibility index (Phi) is 28.1. The Balaban J connectivity index is 0.000000231. The van der Waals surface area contributed by atoms with Crippen molar-refractivity contribution in [3.8, 4) is 21.1 Å². The molecule has 636 valence electrons. The zero-order valence-electron chi connectivity index (χ0n) is 64.1. The number of aliphatic hydroxyl groups excluding tert-OH is 2. The van der Waals surface area contributed by atoms with Gasteiger partial charge in [-0.2, -0.15) is 0 Å². The van der Waals surface area contributed by atoms with Crippen molar-refractivity contribution >= 4 is 144 Å². The van der Waals surface area contributed by atoms with E-state index in [-0.39, 0.29) is 85.1 Å². The molecule has 8 heterocycles. The molecule has 0 bridgehead atoms. The summed E-state index contributed by atoms with van der Waals surface area (Å²) in [5, 5.41) is 34.8. The molecule has 46 nitrogen and oxygen atoms in total. The monoisotopic (exact) mass is 1760 g/mol. The molecule has 6 aromatic rings. The fourth-order valence-corrected chi connectivity index (χ4v) is 17.8. The predicted octanol–water partition coefficient (Wildman–Crippen LogP) is -3.55. The smallest absolute Gasteiger partial charge is 0.407 e. The number of hydrogen-bond acceptors (Lipinski definition) is 34. The van der Waals surface area contributed by atoms with Crippen molar-refractivity contribution < 1.29 is 123 Å². The number of phosphoric ester groups is 2. The number of nitrogens with one attached hydrogen (secondary N) is 6. The molecule has 52 heteroatoms. The summed E-state index contributed by atoms with van der Waals surface area (Å²) in [6.07, 6.45) is -11.1. The minimum atomic E-state index is -5.79. The van der Waals surface area contributed by atoms with E-state index in [1.807, 2.05) is 105 Å². The first-order chi connectivity index (χ1) is 55.6. The molecule has 2 saturated heterocycles. The second-order valence-electron chi connectivity index (χ2n) is 27.4. The van der Waals surface area contributed by atoms with Crippen LogP contribution in [0.1, 0.15) is 38.1 Å². The van der Waals surface area contributed by atoms with Crippen LogP contribution in [0.3, 0.4) is 0 Å². The van der Waals surface area contributed by atoms with Gasteiger partial charge in [-0.05, 0) is 61.4 Å². The van der Waals surface area contributed by atoms with Crippen molar-refractivity contribution in [2.75, 3.05) is 116 Å². The summed E-state index contributed by atoms with van der Waals surface area (Å²) in [6, 6.07) is 24.4. The topological polar surface area (TPSA) is 631 Å². The van der Waals surface area contributed by atoms with Crippen LogP contribution in [0.25, 0.3) is 63.9 Å². The highest BCUT2D eigenvalue weighted by Gasteiger charge is 2.52. The maximum atomic E-state index is 12.9. The van der Waals surface area contributed by atoms with E-state index >= 15 is 0 Å². The van der Waals surface area contributed by atoms with Crippen LogP contribution < -0.4 is 102 Å². The van der Waals surface area contributed by atoms with Gasteiger partial charge in [-0.15, -0.1) is 22.7 Å². The number of alkyl carbamates (subject to hydrolysis) is 2. The normalized spacial score (nSPS) is 20.0. The summed E-state index contributed by atoms with van der Waals surface area (Å²) in [4.78, 5) is 168. The van der Waals surface area contributed by atoms with Gasteiger partial charge >= 0.3 is 23.5 Å². The average Bonchev–Trinajstić information content (AvgIpc) is 1.59. The highest BCUT2D eigenvalue weighted by Crippen LogP contribution is 2.54. The lowest BCUT2D eigenvalue weighted by Gasteiger charge is -2.29. The Bertz CT molecular complexity index is 5850. The Morgan fingerprint density at radius 3 is 1.42 bits per heavy atom. The number of aromatic nitrogens is 10. The number of phosphoric acid groups is 4. The molecule has 2 fully saturated rings. The number of amides is 4. The van der Waals surface area contributed by atoms with E-state index in [9.17, 15) is 76.8 Å². The van der Waals surface area contributed by atoms with Crippen LogP contribution in [-0.2, 0) is 78.6 Å². The molecule has 0 spiro atoms. The van der Waals surface area contributed by atoms with Gasteiger partial charge in [-0.3, -0.25) is 56.5 Å². The van der Waals surface area contributed by atoms with Gasteiger partial charge in [0.15, 0.2) is 31.0 Å². The number of imidazole rings is 2. The van der Waals surface area contributed by atoms with E-state index in [0.717, 1.165) is 63.7 Å². The summed E-state index contributed by atoms with van der Waals surface area (Å²) in [7, 11) is -8.11. The number of fused-ring (bicyclic) bond motifs is 6. The SMILES string of the molecule is CN(CCCC(=O)NCCNC(=O)O[C@@H]1[C@H](O)[C@@H](COP(=O)([O-])OP(=O)([O-])O)O[C@H]1[n+]1cn(C)c2c(=O)[nH]c(N)nc21)c1ccc2nc3ccc(=[N+](C)C)cc-3sc2c1.CN(CCCC(=O)NCCNC(=O)O[C@H]1[C@@H](O)[C@H]([n+]2cn(C)c3c(=O)[nH]c(N)nc32)O[C@@H]1COP(=O)([O-])OP(=O)([O-])O)c1ccc2nc3ccc(=[N+](C)C)cc-3sc2c1. The number of ether oxygens (including phenoxy) is 4. The molecule has 4 amide bonds. The Morgan fingerprint density at radius 1 is 0.585 bits per heavy atom. The first kappa shape index (κ1) is 89.1. The number of nitrogen functional groups attached to an aromatic ring is 2. The first-order valence-electron chi connectivity index (χ1n) is 35.7. The van der Waals surface area contributed by atoms with Gasteiger partial charge in [-0.1, -0.05) is 9.97 Å². The van der Waals surface area contributed by atoms with Gasteiger partial charge in [0.1, 0.15) is 46.5 Å². The van der Waals surface area contributed by atoms with Crippen LogP contribution >= 0.6 is 54.0 Å². The van der Waals surface area contributed by atoms with E-state index in [0.29, 0.717) is 25.9 Å². The highest BCUT2D eigenvalue weighted by atomic mass is 32.1. The number of benzene rings is 4. The maximum absolute atomic E-state index is 12.9. The van der Waals surface area contributed by atoms with Crippen LogP contribution in [0.4, 0.5) is 32.9 Å². The first-order valence-corrected chi connectivity index (χ1v) is 43.3. The molecule has 14 N–H and O–H groups in total. The number of carbonyl (C=O) groups is 4. The van der Waals surface area contributed by atoms with Crippen LogP contribution in [0.2, 0.25) is 0 Å². The van der Waals surface area contributed by atoms with Gasteiger partial charge in [0.25, 0.3) is 54.3 Å². The Labute approximate surface area is 675 Å². The van der Waals surface area contributed by atoms with Crippen molar-refractivity contribution in [3.05, 3.63) is 117 Å². The third-order valence-corrected chi connectivity index (χ3v) is 24.6. The lowest BCUT2D eigenvalue weighted by atomic mass is 10.1. The summed E-state index contributed by atoms with van der Waals surface area (Å²) in [6.45, 7) is -1.13. The quantitative estimate of drug-likeness (QED) is 0.00897. The van der Waals surface area contributed by atoms with Gasteiger partial charge in [0.05, 0.1) is 68.9 Å². The standard InChI is InChI=1S/2C33H42N10O13P2S/c1-40(2)18-7-9-20-23(14-18)59-24-15-19(8-10-21(24)37-20)41(3)13-5-6-25(44)35-11-12-36-33(47)55-28-22(16-53-58(51,52)56-57(48,49)50)54-31(27(28)45)43-17-42(4)26-29(43)38-32(34)39-30(26)46;1-40(2)18-7-9-20-23(14-18)59-24-15-19(8-10-21(24)37-20)41(3)13-5-6-25(44)35-11-12-36-33(47)55-28-27(45)22(16-53-58(51,52)56-57(48,49)50)54-31(28)43-17-42(4)26-29(43)38-32(34)39-30(26)46/h2*7-10,14-15,17,22,27-28,31,45H,5-6,11-13,16H2,1-4H3,(H6-2,34,35,36,38,39,44,46,47,48,49,50,51,52)/t2*22-,27-,28-,31-/m11/s1. The molecule has 4 aliphatic heterocycles. The number of rotatable bonds is 30. The van der Waals surface area contributed by atoms with Crippen LogP contribution in [0, 0.1) is 0 Å². The fraction of sp³-hybridized carbons (Fsp3) is 0.424. The van der Waals surface area contributed by atoms with Crippen LogP contribution in [0.15, 0.2) is 95.0 Å². The molecule has 4 unspecified atom stereocenters. The molecule has 2 aliphatic carbocycles. The summed E-state index contributed by atoms with van der Waals surface area (Å²) < 4.78 is 95.6. The molecule has 0 saturated carbocycles. The number of hydrogen-bond donors (Lipinski definition) is 12. The molecule has 4 aromatic heterocycles. The number of aryl methyl sites for hydroxylation is 2. The van der Waals surface area contributed by atoms with E-state index in [4.69, 9.17) is 50.2 Å². The van der Waals surface area contributed by atoms with Crippen molar-refractivity contribution in [1.82, 2.24) is 69.5 Å². The van der Waals surface area contributed by atoms with Gasteiger partial charge < -0.3 is 110 Å². The van der Waals surface area contributed by atoms with Crippen molar-refractivity contribution in [1.29, 1.82) is 0 Å². The molecular weight excluding hydrogens is 1680 g/mol. The highest BCUT2D eigenvalue weighted by molar-refractivity contribution is 7.59. The number of nitrogens with two attached hydrogens (primary N) is 2. The zero-order chi connectivity index (χ0) is 85.6. The lowest BCUT2D eigenvalue weighted by Crippen LogP contribution is -2.49. The van der Waals surface area contributed by atoms with E-state index in [1.54, 1.807) is 22.7 Å². The average molecular weight is 1760 g/mol. The van der Waals surface area contributed by atoms with E-state index in [2.05, 4.69) is 88.0 Å². The summed E-state index contributed by atoms with van der Waals surface area (Å²) in [5.74, 6) is -1.08.